The Kier molecular flexibility index (Phi) is 4.83. The van der Waals surface area contributed by atoms with Crippen LogP contribution in [0.5, 0.6) is 0 Å². The molecule has 0 amide bonds. The van der Waals surface area contributed by atoms with Crippen LogP contribution in [0.1, 0.15) is 23.4 Å². The number of rotatable bonds is 7. The summed E-state index contributed by atoms with van der Waals surface area (Å²) in [7, 11) is 0. The van der Waals surface area contributed by atoms with Crippen LogP contribution in [-0.4, -0.2) is 25.0 Å². The Morgan fingerprint density at radius 2 is 1.96 bits per heavy atom. The number of hydrogen-bond donors (Lipinski definition) is 2. The Morgan fingerprint density at radius 3 is 2.74 bits per heavy atom. The highest BCUT2D eigenvalue weighted by molar-refractivity contribution is 5.48. The molecule has 0 spiro atoms. The Bertz CT molecular complexity index is 756. The summed E-state index contributed by atoms with van der Waals surface area (Å²) in [5.74, 6) is 0.469. The molecule has 0 aliphatic carbocycles. The standard InChI is InChI=1S/C17H20N6/c18-17-19-12-15(20-17)9-4-10-16-13-23(22-21-16)11-5-8-14-6-2-1-3-7-14/h1-3,5-8,12-13H,4,9-11H2,(H3,18,19,20)/b8-5+. The van der Waals surface area contributed by atoms with E-state index < -0.39 is 0 Å². The summed E-state index contributed by atoms with van der Waals surface area (Å²) in [4.78, 5) is 7.07. The third-order valence-electron chi connectivity index (χ3n) is 3.50. The fourth-order valence-corrected chi connectivity index (χ4v) is 2.36. The first-order chi connectivity index (χ1) is 11.3. The minimum Gasteiger partial charge on any atom is -0.369 e. The molecule has 3 aromatic rings. The van der Waals surface area contributed by atoms with Gasteiger partial charge in [0.05, 0.1) is 17.9 Å². The maximum absolute atomic E-state index is 5.55. The molecule has 3 rings (SSSR count). The molecule has 0 saturated heterocycles. The zero-order valence-corrected chi connectivity index (χ0v) is 12.9. The second-order valence-electron chi connectivity index (χ2n) is 5.38. The van der Waals surface area contributed by atoms with Gasteiger partial charge in [-0.15, -0.1) is 5.10 Å². The lowest BCUT2D eigenvalue weighted by molar-refractivity contribution is 0.662. The maximum Gasteiger partial charge on any atom is 0.197 e. The average molecular weight is 308 g/mol. The number of aromatic nitrogens is 5. The van der Waals surface area contributed by atoms with Crippen LogP contribution < -0.4 is 5.73 Å². The van der Waals surface area contributed by atoms with Crippen molar-refractivity contribution in [1.29, 1.82) is 0 Å². The monoisotopic (exact) mass is 308 g/mol. The highest BCUT2D eigenvalue weighted by Crippen LogP contribution is 2.06. The molecule has 0 bridgehead atoms. The van der Waals surface area contributed by atoms with Gasteiger partial charge in [-0.1, -0.05) is 47.7 Å². The van der Waals surface area contributed by atoms with Crippen molar-refractivity contribution in [2.45, 2.75) is 25.8 Å². The normalized spacial score (nSPS) is 11.3. The highest BCUT2D eigenvalue weighted by atomic mass is 15.4. The molecular formula is C17H20N6. The molecule has 0 unspecified atom stereocenters. The van der Waals surface area contributed by atoms with Gasteiger partial charge in [0.15, 0.2) is 5.95 Å². The summed E-state index contributed by atoms with van der Waals surface area (Å²) >= 11 is 0. The molecular weight excluding hydrogens is 288 g/mol. The predicted octanol–water partition coefficient (Wildman–Crippen LogP) is 2.47. The van der Waals surface area contributed by atoms with E-state index in [0.717, 1.165) is 37.2 Å². The van der Waals surface area contributed by atoms with Gasteiger partial charge in [-0.05, 0) is 24.8 Å². The number of nitrogens with two attached hydrogens (primary N) is 1. The summed E-state index contributed by atoms with van der Waals surface area (Å²) in [6.45, 7) is 0.720. The first-order valence-corrected chi connectivity index (χ1v) is 7.70. The lowest BCUT2D eigenvalue weighted by Crippen LogP contribution is -1.95. The van der Waals surface area contributed by atoms with Crippen molar-refractivity contribution < 1.29 is 0 Å². The first kappa shape index (κ1) is 15.0. The number of imidazole rings is 1. The lowest BCUT2D eigenvalue weighted by Gasteiger charge is -1.95. The molecule has 1 aromatic carbocycles. The van der Waals surface area contributed by atoms with E-state index in [1.165, 1.54) is 5.56 Å². The van der Waals surface area contributed by atoms with Crippen molar-refractivity contribution >= 4 is 12.0 Å². The van der Waals surface area contributed by atoms with Gasteiger partial charge >= 0.3 is 0 Å². The van der Waals surface area contributed by atoms with Crippen LogP contribution in [0.15, 0.2) is 48.8 Å². The molecule has 0 atom stereocenters. The minimum absolute atomic E-state index is 0.469. The van der Waals surface area contributed by atoms with Crippen LogP contribution >= 0.6 is 0 Å². The number of H-pyrrole nitrogens is 1. The Balaban J connectivity index is 1.45. The summed E-state index contributed by atoms with van der Waals surface area (Å²) < 4.78 is 1.85. The van der Waals surface area contributed by atoms with Gasteiger partial charge < -0.3 is 10.7 Å². The Morgan fingerprint density at radius 1 is 1.13 bits per heavy atom. The van der Waals surface area contributed by atoms with Gasteiger partial charge in [-0.2, -0.15) is 0 Å². The van der Waals surface area contributed by atoms with Crippen LogP contribution in [0.4, 0.5) is 5.95 Å². The minimum atomic E-state index is 0.469. The van der Waals surface area contributed by atoms with Crippen molar-refractivity contribution in [3.8, 4) is 0 Å². The molecule has 2 heterocycles. The van der Waals surface area contributed by atoms with Gasteiger partial charge in [-0.25, -0.2) is 9.67 Å². The SMILES string of the molecule is Nc1nc(CCCc2cn(C/C=C/c3ccccc3)nn2)c[nH]1. The topological polar surface area (TPSA) is 85.4 Å². The van der Waals surface area contributed by atoms with Crippen LogP contribution in [0.2, 0.25) is 0 Å². The number of nitrogens with one attached hydrogen (secondary N) is 1. The number of benzene rings is 1. The largest absolute Gasteiger partial charge is 0.369 e. The molecule has 0 aliphatic heterocycles. The van der Waals surface area contributed by atoms with Crippen molar-refractivity contribution in [3.05, 3.63) is 65.8 Å². The molecule has 0 saturated carbocycles. The predicted molar refractivity (Wildman–Crippen MR) is 90.5 cm³/mol. The van der Waals surface area contributed by atoms with E-state index in [1.54, 1.807) is 0 Å². The number of aryl methyl sites for hydroxylation is 2. The van der Waals surface area contributed by atoms with Crippen molar-refractivity contribution in [3.63, 3.8) is 0 Å². The third kappa shape index (κ3) is 4.54. The molecule has 0 aliphatic rings. The molecule has 118 valence electrons. The van der Waals surface area contributed by atoms with E-state index in [9.17, 15) is 0 Å². The second-order valence-corrected chi connectivity index (χ2v) is 5.38. The Labute approximate surface area is 135 Å². The molecule has 3 N–H and O–H groups in total. The van der Waals surface area contributed by atoms with Gasteiger partial charge in [0, 0.05) is 12.4 Å². The van der Waals surface area contributed by atoms with Crippen LogP contribution in [0, 0.1) is 0 Å². The smallest absolute Gasteiger partial charge is 0.197 e. The Hall–Kier alpha value is -2.89. The van der Waals surface area contributed by atoms with Crippen LogP contribution in [0.3, 0.4) is 0 Å². The number of nitrogen functional groups attached to an aromatic ring is 1. The maximum atomic E-state index is 5.55. The summed E-state index contributed by atoms with van der Waals surface area (Å²) in [6.07, 6.45) is 10.8. The molecule has 6 heteroatoms. The first-order valence-electron chi connectivity index (χ1n) is 7.70. The van der Waals surface area contributed by atoms with E-state index in [0.29, 0.717) is 5.95 Å². The van der Waals surface area contributed by atoms with Crippen molar-refractivity contribution in [2.75, 3.05) is 5.73 Å². The van der Waals surface area contributed by atoms with E-state index >= 15 is 0 Å². The number of hydrogen-bond acceptors (Lipinski definition) is 4. The molecule has 0 fully saturated rings. The zero-order chi connectivity index (χ0) is 15.9. The van der Waals surface area contributed by atoms with Crippen molar-refractivity contribution in [1.82, 2.24) is 25.0 Å². The van der Waals surface area contributed by atoms with Gasteiger partial charge in [0.25, 0.3) is 0 Å². The van der Waals surface area contributed by atoms with E-state index in [1.807, 2.05) is 35.3 Å². The summed E-state index contributed by atoms with van der Waals surface area (Å²) in [5.41, 5.74) is 8.73. The van der Waals surface area contributed by atoms with Crippen molar-refractivity contribution in [2.24, 2.45) is 0 Å². The quantitative estimate of drug-likeness (QED) is 0.702. The van der Waals surface area contributed by atoms with Gasteiger partial charge in [0.1, 0.15) is 0 Å². The second kappa shape index (κ2) is 7.40. The number of nitrogens with zero attached hydrogens (tertiary/aromatic N) is 4. The lowest BCUT2D eigenvalue weighted by atomic mass is 10.2. The van der Waals surface area contributed by atoms with Gasteiger partial charge in [-0.3, -0.25) is 0 Å². The summed E-state index contributed by atoms with van der Waals surface area (Å²) in [6, 6.07) is 10.2. The van der Waals surface area contributed by atoms with Crippen LogP contribution in [-0.2, 0) is 19.4 Å². The fourth-order valence-electron chi connectivity index (χ4n) is 2.36. The average Bonchev–Trinajstić information content (AvgIpc) is 3.18. The van der Waals surface area contributed by atoms with Crippen LogP contribution in [0.25, 0.3) is 6.08 Å². The molecule has 23 heavy (non-hydrogen) atoms. The van der Waals surface area contributed by atoms with E-state index in [-0.39, 0.29) is 0 Å². The van der Waals surface area contributed by atoms with E-state index in [4.69, 9.17) is 5.73 Å². The highest BCUT2D eigenvalue weighted by Gasteiger charge is 2.02. The molecule has 0 radical (unpaired) electrons. The number of aromatic amines is 1. The van der Waals surface area contributed by atoms with E-state index in [2.05, 4.69) is 44.6 Å². The summed E-state index contributed by atoms with van der Waals surface area (Å²) in [5, 5.41) is 8.36. The number of allylic oxidation sites excluding steroid dienone is 1. The zero-order valence-electron chi connectivity index (χ0n) is 12.9. The number of anilines is 1. The molecule has 6 nitrogen and oxygen atoms in total. The third-order valence-corrected chi connectivity index (χ3v) is 3.50. The van der Waals surface area contributed by atoms with Gasteiger partial charge in [0.2, 0.25) is 0 Å². The fraction of sp³-hybridized carbons (Fsp3) is 0.235. The molecule has 2 aromatic heterocycles.